The normalized spacial score (nSPS) is 32.0. The molecule has 0 spiro atoms. The van der Waals surface area contributed by atoms with Gasteiger partial charge in [0.25, 0.3) is 5.92 Å². The lowest BCUT2D eigenvalue weighted by atomic mass is 9.78. The third-order valence-corrected chi connectivity index (χ3v) is 22.4. The van der Waals surface area contributed by atoms with Crippen molar-refractivity contribution in [2.24, 2.45) is 28.8 Å². The largest absolute Gasteiger partial charge is 0.469 e. The zero-order chi connectivity index (χ0) is 79.8. The van der Waals surface area contributed by atoms with Gasteiger partial charge in [0.15, 0.2) is 0 Å². The molecule has 12 saturated heterocycles. The minimum atomic E-state index is -2.41. The van der Waals surface area contributed by atoms with Crippen LogP contribution in [0.15, 0.2) is 5.10 Å². The number of fused-ring (bicyclic) bond motifs is 1. The SMILES string of the molecule is CN1CC(F)C(F)C1.CN1CC(F)C[C@H]1C#N.CN1CC2CC2[C@H]1C#N.CN1CCC(CF)C1=O.CN1CCC(F)(F)C1.CN1CCC(F)C1.CN1CCC(F)CC1.CN1CCCC1.CN1CCCC1B(O)O.CN1CCSC1.CN1CSC[C@H]1C#N.CN1C[C@@H](C#N)C[C@H]1C#N.CN1N=C(F)C[C@H]1C#N. The van der Waals surface area contributed by atoms with Gasteiger partial charge in [0, 0.05) is 135 Å². The first-order valence-corrected chi connectivity index (χ1v) is 39.2. The molecule has 604 valence electrons. The molecule has 23 nitrogen and oxygen atoms in total. The average molecular weight is 1550 g/mol. The van der Waals surface area contributed by atoms with Crippen LogP contribution in [0, 0.1) is 91.7 Å². The van der Waals surface area contributed by atoms with Crippen LogP contribution < -0.4 is 0 Å². The second kappa shape index (κ2) is 52.6. The number of carbonyl (C=O) groups excluding carboxylic acids is 1. The van der Waals surface area contributed by atoms with Gasteiger partial charge in [0.1, 0.15) is 61.7 Å². The Morgan fingerprint density at radius 2 is 1.09 bits per heavy atom. The van der Waals surface area contributed by atoms with E-state index in [-0.39, 0.29) is 80.3 Å². The van der Waals surface area contributed by atoms with Gasteiger partial charge < -0.3 is 44.3 Å². The molecule has 35 heteroatoms. The van der Waals surface area contributed by atoms with Gasteiger partial charge >= 0.3 is 7.12 Å². The van der Waals surface area contributed by atoms with Crippen LogP contribution in [-0.4, -0.2) is 392 Å². The number of nitriles is 6. The smallest absolute Gasteiger partial charge is 0.426 e. The van der Waals surface area contributed by atoms with Crippen LogP contribution in [-0.2, 0) is 4.79 Å². The first kappa shape index (κ1) is 97.6. The predicted octanol–water partition coefficient (Wildman–Crippen LogP) is 6.51. The molecule has 1 saturated carbocycles. The molecule has 106 heavy (non-hydrogen) atoms. The molecule has 0 radical (unpaired) electrons. The maximum absolute atomic E-state index is 12.4. The first-order valence-electron chi connectivity index (χ1n) is 36.9. The fourth-order valence-corrected chi connectivity index (χ4v) is 15.1. The number of nitrogens with zero attached hydrogens (tertiary/aromatic N) is 20. The van der Waals surface area contributed by atoms with E-state index in [0.717, 1.165) is 94.8 Å². The quantitative estimate of drug-likeness (QED) is 0.221. The number of hydrazone groups is 1. The summed E-state index contributed by atoms with van der Waals surface area (Å²) in [6, 6.07) is 12.6. The molecular formula is C71H124BF9N20O3S2. The van der Waals surface area contributed by atoms with Crippen molar-refractivity contribution in [1.82, 2.24) is 63.8 Å². The van der Waals surface area contributed by atoms with E-state index in [1.165, 1.54) is 55.5 Å². The van der Waals surface area contributed by atoms with Gasteiger partial charge in [-0.1, -0.05) is 0 Å². The summed E-state index contributed by atoms with van der Waals surface area (Å²) in [6.07, 6.45) is 5.90. The van der Waals surface area contributed by atoms with Crippen LogP contribution in [0.2, 0.25) is 0 Å². The number of thioether (sulfide) groups is 2. The summed E-state index contributed by atoms with van der Waals surface area (Å²) in [5.41, 5.74) is 0. The number of amides is 1. The topological polar surface area (TPSA) is 255 Å². The summed E-state index contributed by atoms with van der Waals surface area (Å²) in [7, 11) is 23.4. The van der Waals surface area contributed by atoms with E-state index in [9.17, 15) is 44.3 Å². The molecule has 1 amide bonds. The molecule has 13 aliphatic heterocycles. The lowest BCUT2D eigenvalue weighted by Crippen LogP contribution is -2.39. The van der Waals surface area contributed by atoms with Crippen molar-refractivity contribution in [2.75, 3.05) is 226 Å². The Bertz CT molecular complexity index is 2680. The van der Waals surface area contributed by atoms with Crippen LogP contribution in [0.5, 0.6) is 0 Å². The molecule has 14 aliphatic rings. The molecule has 0 aromatic rings. The fourth-order valence-electron chi connectivity index (χ4n) is 13.0. The van der Waals surface area contributed by atoms with Gasteiger partial charge in [-0.15, -0.1) is 23.5 Å². The summed E-state index contributed by atoms with van der Waals surface area (Å²) in [4.78, 5) is 34.4. The Morgan fingerprint density at radius 3 is 1.32 bits per heavy atom. The third kappa shape index (κ3) is 39.4. The van der Waals surface area contributed by atoms with Gasteiger partial charge in [0.05, 0.1) is 67.3 Å². The van der Waals surface area contributed by atoms with E-state index in [1.54, 1.807) is 54.8 Å². The van der Waals surface area contributed by atoms with Crippen molar-refractivity contribution in [2.45, 2.75) is 156 Å². The van der Waals surface area contributed by atoms with Gasteiger partial charge in [-0.05, 0) is 173 Å². The molecular weight excluding hydrogens is 1430 g/mol. The molecule has 8 unspecified atom stereocenters. The van der Waals surface area contributed by atoms with Crippen LogP contribution in [0.3, 0.4) is 0 Å². The lowest BCUT2D eigenvalue weighted by molar-refractivity contribution is -0.130. The summed E-state index contributed by atoms with van der Waals surface area (Å²) in [6.45, 7) is 11.9. The van der Waals surface area contributed by atoms with E-state index in [4.69, 9.17) is 41.6 Å². The van der Waals surface area contributed by atoms with E-state index in [2.05, 4.69) is 68.0 Å². The summed E-state index contributed by atoms with van der Waals surface area (Å²) in [5, 5.41) is 73.1. The Labute approximate surface area is 637 Å². The van der Waals surface area contributed by atoms with Crippen molar-refractivity contribution < 1.29 is 54.4 Å². The minimum absolute atomic E-state index is 0.0231. The van der Waals surface area contributed by atoms with E-state index in [1.807, 2.05) is 92.6 Å². The number of hydrogen-bond donors (Lipinski definition) is 2. The van der Waals surface area contributed by atoms with Crippen LogP contribution in [0.4, 0.5) is 39.5 Å². The Morgan fingerprint density at radius 1 is 0.519 bits per heavy atom. The lowest BCUT2D eigenvalue weighted by Gasteiger charge is -2.23. The highest BCUT2D eigenvalue weighted by atomic mass is 32.2. The molecule has 13 heterocycles. The van der Waals surface area contributed by atoms with Crippen molar-refractivity contribution in [3.8, 4) is 36.4 Å². The Hall–Kier alpha value is -4.51. The monoisotopic (exact) mass is 1550 g/mol. The molecule has 2 N–H and O–H groups in total. The average Bonchev–Trinajstić information content (AvgIpc) is 1.61. The second-order valence-electron chi connectivity index (χ2n) is 29.9. The molecule has 0 bridgehead atoms. The summed E-state index contributed by atoms with van der Waals surface area (Å²) < 4.78 is 110. The minimum Gasteiger partial charge on any atom is -0.426 e. The van der Waals surface area contributed by atoms with Crippen molar-refractivity contribution in [3.63, 3.8) is 0 Å². The first-order chi connectivity index (χ1) is 50.0. The van der Waals surface area contributed by atoms with Gasteiger partial charge in [0.2, 0.25) is 11.9 Å². The molecule has 0 aromatic heterocycles. The molecule has 13 fully saturated rings. The third-order valence-electron chi connectivity index (χ3n) is 20.1. The number of carbonyl (C=O) groups is 1. The number of hydrogen-bond acceptors (Lipinski definition) is 24. The maximum Gasteiger partial charge on any atom is 0.469 e. The number of alkyl halides is 8. The zero-order valence-electron chi connectivity index (χ0n) is 65.2. The fraction of sp³-hybridized carbons (Fsp3) is 0.887. The van der Waals surface area contributed by atoms with Gasteiger partial charge in [-0.25, -0.2) is 30.7 Å². The Balaban J connectivity index is 0.000000391. The highest BCUT2D eigenvalue weighted by Crippen LogP contribution is 2.48. The number of rotatable bonds is 2. The van der Waals surface area contributed by atoms with E-state index >= 15 is 0 Å². The van der Waals surface area contributed by atoms with Gasteiger partial charge in [-0.2, -0.15) is 41.1 Å². The zero-order valence-corrected chi connectivity index (χ0v) is 66.9. The number of likely N-dealkylation sites (tertiary alicyclic amines) is 10. The molecule has 1 aliphatic carbocycles. The van der Waals surface area contributed by atoms with E-state index in [0.29, 0.717) is 45.4 Å². The number of halogens is 9. The predicted molar refractivity (Wildman–Crippen MR) is 403 cm³/mol. The van der Waals surface area contributed by atoms with Crippen LogP contribution in [0.1, 0.15) is 83.5 Å². The van der Waals surface area contributed by atoms with Crippen LogP contribution >= 0.6 is 23.5 Å². The molecule has 14 rings (SSSR count). The number of piperidine rings is 2. The summed E-state index contributed by atoms with van der Waals surface area (Å²) >= 11 is 3.83. The van der Waals surface area contributed by atoms with Crippen LogP contribution in [0.25, 0.3) is 0 Å². The van der Waals surface area contributed by atoms with Crippen molar-refractivity contribution in [3.05, 3.63) is 0 Å². The highest BCUT2D eigenvalue weighted by molar-refractivity contribution is 7.99. The van der Waals surface area contributed by atoms with E-state index < -0.39 is 62.6 Å². The second-order valence-corrected chi connectivity index (χ2v) is 32.0. The van der Waals surface area contributed by atoms with Gasteiger partial charge in [-0.3, -0.25) is 38.7 Å². The van der Waals surface area contributed by atoms with Crippen molar-refractivity contribution in [1.29, 1.82) is 31.6 Å². The van der Waals surface area contributed by atoms with Crippen molar-refractivity contribution >= 4 is 42.5 Å². The standard InChI is InChI=1S/C7H9N3.C7H10N2.C6H9FN2.C6H10FNO.C6H12FN.C5H12BNO2.2C5H9F2N.C5H6FN3.C5H10FN.C5H8N2S.C5H11N.C4H9NS/c1-10-5-6(3-8)2-7(10)4-9;1-9-4-5-2-6(5)7(9)3-8;1-9-4-5(7)2-6(9)3-8;1-8-3-2-5(4-7)6(8)9;1-8-4-2-6(7)3-5-8;1-7-4-2-3-5(7)6(8)9;1-8-2-4(6)5(7)3-8;1-8-3-2-5(6,7)4-8;1-9-4(3-7)2-5(6)8-9;1-7-3-2-5(6)4-7;1-7-4-8-3-5(7)2-6;1-6-4-2-3-5-6;1-5-2-3-6-4-5/h6-7H,2,5H2,1H3;5-7H,2,4H2,1H3;5-6H,2,4H2,1H3;5H,2-4H2,1H3;6H,2-5H2,1H3;5,8-9H,2-4H2,1H3;4-5H,2-3H2,1H3;2-4H2,1H3;4H,2H2,1H3;5H,2-4H2,1H3;5H,3-4H2,1H3;2-5H2,1H3;2-4H2,1H3/t6-,7+;5?,6?,7-;5?,6-;;;;;;4-;;5-;;/m110.....0.1../s1. The molecule has 14 atom stereocenters. The summed E-state index contributed by atoms with van der Waals surface area (Å²) in [5.74, 6) is 2.96. The highest BCUT2D eigenvalue weighted by Gasteiger charge is 2.51. The maximum atomic E-state index is 12.4. The molecule has 0 aromatic carbocycles. The Kier molecular flexibility index (Phi) is 48.4.